The molecule has 0 bridgehead atoms. The number of benzene rings is 3. The molecule has 0 saturated heterocycles. The average molecular weight is 570 g/mol. The van der Waals surface area contributed by atoms with E-state index in [1.807, 2.05) is 30.3 Å². The maximum absolute atomic E-state index is 12.4. The number of hydrogen-bond acceptors (Lipinski definition) is 9. The standard InChI is InChI=1S/C25H17Cl2N5O5S/c1-36-20-11-14(7-10-19(20)37-24(35)16-8-9-17(26)18(27)12-16)13-28-30-22(34)21(33)29-25-32-31-23(38-25)15-5-3-2-4-6-15/h2-13H,1H3,(H,30,34)(H,29,32,33). The predicted molar refractivity (Wildman–Crippen MR) is 144 cm³/mol. The minimum atomic E-state index is -1.00. The van der Waals surface area contributed by atoms with Gasteiger partial charge in [-0.05, 0) is 42.0 Å². The summed E-state index contributed by atoms with van der Waals surface area (Å²) in [6, 6.07) is 18.2. The summed E-state index contributed by atoms with van der Waals surface area (Å²) in [4.78, 5) is 36.7. The number of anilines is 1. The van der Waals surface area contributed by atoms with Crippen LogP contribution >= 0.6 is 34.5 Å². The first-order valence-corrected chi connectivity index (χ1v) is 12.3. The van der Waals surface area contributed by atoms with Crippen LogP contribution in [0.25, 0.3) is 10.6 Å². The Kier molecular flexibility index (Phi) is 8.64. The summed E-state index contributed by atoms with van der Waals surface area (Å²) < 4.78 is 10.7. The Hall–Kier alpha value is -4.32. The molecule has 0 spiro atoms. The quantitative estimate of drug-likeness (QED) is 0.107. The third-order valence-electron chi connectivity index (χ3n) is 4.80. The van der Waals surface area contributed by atoms with Crippen molar-refractivity contribution in [2.45, 2.75) is 0 Å². The molecule has 0 aliphatic rings. The molecule has 10 nitrogen and oxygen atoms in total. The Morgan fingerprint density at radius 1 is 0.921 bits per heavy atom. The lowest BCUT2D eigenvalue weighted by Crippen LogP contribution is -2.32. The molecule has 0 unspecified atom stereocenters. The van der Waals surface area contributed by atoms with E-state index in [1.54, 1.807) is 6.07 Å². The summed E-state index contributed by atoms with van der Waals surface area (Å²) in [5, 5.41) is 15.3. The zero-order chi connectivity index (χ0) is 27.1. The lowest BCUT2D eigenvalue weighted by molar-refractivity contribution is -0.136. The number of hydrazone groups is 1. The zero-order valence-corrected chi connectivity index (χ0v) is 21.8. The summed E-state index contributed by atoms with van der Waals surface area (Å²) >= 11 is 13.0. The van der Waals surface area contributed by atoms with Crippen LogP contribution in [0.3, 0.4) is 0 Å². The molecule has 192 valence electrons. The van der Waals surface area contributed by atoms with Crippen molar-refractivity contribution in [3.05, 3.63) is 87.9 Å². The monoisotopic (exact) mass is 569 g/mol. The van der Waals surface area contributed by atoms with Crippen LogP contribution in [0.1, 0.15) is 15.9 Å². The molecule has 0 saturated carbocycles. The number of ether oxygens (including phenoxy) is 2. The van der Waals surface area contributed by atoms with E-state index in [9.17, 15) is 14.4 Å². The molecule has 3 aromatic carbocycles. The van der Waals surface area contributed by atoms with Crippen LogP contribution in [0.2, 0.25) is 10.0 Å². The number of halogens is 2. The molecule has 38 heavy (non-hydrogen) atoms. The van der Waals surface area contributed by atoms with Gasteiger partial charge in [0.1, 0.15) is 5.01 Å². The summed E-state index contributed by atoms with van der Waals surface area (Å²) in [6.07, 6.45) is 1.29. The second-order valence-corrected chi connectivity index (χ2v) is 9.15. The number of nitrogens with one attached hydrogen (secondary N) is 2. The van der Waals surface area contributed by atoms with Gasteiger partial charge in [-0.2, -0.15) is 5.10 Å². The van der Waals surface area contributed by atoms with Gasteiger partial charge in [-0.25, -0.2) is 10.2 Å². The van der Waals surface area contributed by atoms with Gasteiger partial charge in [-0.3, -0.25) is 14.9 Å². The maximum Gasteiger partial charge on any atom is 0.343 e. The van der Waals surface area contributed by atoms with Gasteiger partial charge in [0.15, 0.2) is 11.5 Å². The first-order valence-electron chi connectivity index (χ1n) is 10.7. The highest BCUT2D eigenvalue weighted by molar-refractivity contribution is 7.18. The Morgan fingerprint density at radius 2 is 1.71 bits per heavy atom. The van der Waals surface area contributed by atoms with Crippen LogP contribution in [-0.4, -0.2) is 41.3 Å². The highest BCUT2D eigenvalue weighted by Crippen LogP contribution is 2.30. The molecular formula is C25H17Cl2N5O5S. The van der Waals surface area contributed by atoms with Crippen LogP contribution < -0.4 is 20.2 Å². The van der Waals surface area contributed by atoms with E-state index in [4.69, 9.17) is 32.7 Å². The Morgan fingerprint density at radius 3 is 2.45 bits per heavy atom. The van der Waals surface area contributed by atoms with E-state index < -0.39 is 17.8 Å². The van der Waals surface area contributed by atoms with Gasteiger partial charge in [-0.1, -0.05) is 64.9 Å². The topological polar surface area (TPSA) is 132 Å². The fourth-order valence-electron chi connectivity index (χ4n) is 2.97. The van der Waals surface area contributed by atoms with Crippen molar-refractivity contribution < 1.29 is 23.9 Å². The molecule has 0 radical (unpaired) electrons. The third-order valence-corrected chi connectivity index (χ3v) is 6.42. The van der Waals surface area contributed by atoms with Crippen LogP contribution in [0, 0.1) is 0 Å². The Balaban J connectivity index is 1.34. The second kappa shape index (κ2) is 12.3. The number of aromatic nitrogens is 2. The van der Waals surface area contributed by atoms with Gasteiger partial charge in [0, 0.05) is 5.56 Å². The van der Waals surface area contributed by atoms with E-state index >= 15 is 0 Å². The smallest absolute Gasteiger partial charge is 0.343 e. The number of carbonyl (C=O) groups is 3. The van der Waals surface area contributed by atoms with Gasteiger partial charge < -0.3 is 9.47 Å². The van der Waals surface area contributed by atoms with E-state index in [-0.39, 0.29) is 27.2 Å². The van der Waals surface area contributed by atoms with Gasteiger partial charge in [0.05, 0.1) is 28.9 Å². The fraction of sp³-hybridized carbons (Fsp3) is 0.0400. The van der Waals surface area contributed by atoms with E-state index in [2.05, 4.69) is 26.0 Å². The van der Waals surface area contributed by atoms with Crippen molar-refractivity contribution in [1.82, 2.24) is 15.6 Å². The molecule has 1 heterocycles. The number of hydrogen-bond donors (Lipinski definition) is 2. The van der Waals surface area contributed by atoms with Gasteiger partial charge in [0.2, 0.25) is 5.13 Å². The maximum atomic E-state index is 12.4. The SMILES string of the molecule is COc1cc(C=NNC(=O)C(=O)Nc2nnc(-c3ccccc3)s2)ccc1OC(=O)c1ccc(Cl)c(Cl)c1. The van der Waals surface area contributed by atoms with Crippen LogP contribution in [0.15, 0.2) is 71.8 Å². The van der Waals surface area contributed by atoms with Crippen LogP contribution in [0.4, 0.5) is 5.13 Å². The summed E-state index contributed by atoms with van der Waals surface area (Å²) in [5.41, 5.74) is 3.67. The minimum Gasteiger partial charge on any atom is -0.493 e. The summed E-state index contributed by atoms with van der Waals surface area (Å²) in [7, 11) is 1.40. The first-order chi connectivity index (χ1) is 18.3. The largest absolute Gasteiger partial charge is 0.493 e. The molecule has 4 rings (SSSR count). The minimum absolute atomic E-state index is 0.149. The van der Waals surface area contributed by atoms with Gasteiger partial charge >= 0.3 is 17.8 Å². The van der Waals surface area contributed by atoms with E-state index in [1.165, 1.54) is 43.7 Å². The molecule has 0 aliphatic carbocycles. The lowest BCUT2D eigenvalue weighted by Gasteiger charge is -2.10. The van der Waals surface area contributed by atoms with Crippen molar-refractivity contribution in [2.75, 3.05) is 12.4 Å². The van der Waals surface area contributed by atoms with Crippen molar-refractivity contribution in [3.8, 4) is 22.1 Å². The normalized spacial score (nSPS) is 10.7. The number of methoxy groups -OCH3 is 1. The summed E-state index contributed by atoms with van der Waals surface area (Å²) in [6.45, 7) is 0. The van der Waals surface area contributed by atoms with Gasteiger partial charge in [-0.15, -0.1) is 10.2 Å². The molecule has 2 N–H and O–H groups in total. The Labute approximate surface area is 230 Å². The van der Waals surface area contributed by atoms with E-state index in [0.717, 1.165) is 16.9 Å². The number of nitrogens with zero attached hydrogens (tertiary/aromatic N) is 3. The predicted octanol–water partition coefficient (Wildman–Crippen LogP) is 4.83. The Bertz CT molecular complexity index is 1530. The molecular weight excluding hydrogens is 553 g/mol. The molecule has 1 aromatic heterocycles. The number of carbonyl (C=O) groups excluding carboxylic acids is 3. The molecule has 13 heteroatoms. The van der Waals surface area contributed by atoms with Crippen LogP contribution in [0.5, 0.6) is 11.5 Å². The molecule has 4 aromatic rings. The van der Waals surface area contributed by atoms with Gasteiger partial charge in [0.25, 0.3) is 0 Å². The molecule has 0 aliphatic heterocycles. The number of rotatable bonds is 7. The number of amides is 2. The summed E-state index contributed by atoms with van der Waals surface area (Å²) in [5.74, 6) is -2.24. The number of esters is 1. The average Bonchev–Trinajstić information content (AvgIpc) is 3.39. The zero-order valence-electron chi connectivity index (χ0n) is 19.5. The highest BCUT2D eigenvalue weighted by atomic mass is 35.5. The second-order valence-electron chi connectivity index (χ2n) is 7.36. The lowest BCUT2D eigenvalue weighted by atomic mass is 10.2. The molecule has 0 atom stereocenters. The van der Waals surface area contributed by atoms with Crippen molar-refractivity contribution in [2.24, 2.45) is 5.10 Å². The first kappa shape index (κ1) is 26.7. The third kappa shape index (κ3) is 6.71. The van der Waals surface area contributed by atoms with Crippen molar-refractivity contribution >= 4 is 63.7 Å². The van der Waals surface area contributed by atoms with Crippen molar-refractivity contribution in [3.63, 3.8) is 0 Å². The van der Waals surface area contributed by atoms with Crippen LogP contribution in [-0.2, 0) is 9.59 Å². The molecule has 0 fully saturated rings. The molecule has 2 amide bonds. The van der Waals surface area contributed by atoms with E-state index in [0.29, 0.717) is 15.6 Å². The fourth-order valence-corrected chi connectivity index (χ4v) is 4.01. The van der Waals surface area contributed by atoms with Crippen molar-refractivity contribution in [1.29, 1.82) is 0 Å². The highest BCUT2D eigenvalue weighted by Gasteiger charge is 2.17.